The number of hydrogen-bond acceptors (Lipinski definition) is 4. The molecule has 2 unspecified atom stereocenters. The Morgan fingerprint density at radius 3 is 2.78 bits per heavy atom. The topological polar surface area (TPSA) is 56.5 Å². The number of nitrogens with two attached hydrogens (primary N) is 1. The van der Waals surface area contributed by atoms with Crippen LogP contribution in [-0.4, -0.2) is 33.5 Å². The Morgan fingerprint density at radius 2 is 2.00 bits per heavy atom. The third kappa shape index (κ3) is 3.29. The summed E-state index contributed by atoms with van der Waals surface area (Å²) >= 11 is 0. The SMILES string of the molecule is COCCOCCNC1CC(N)c2ccccc21. The van der Waals surface area contributed by atoms with Gasteiger partial charge in [0.05, 0.1) is 19.8 Å². The molecule has 0 amide bonds. The summed E-state index contributed by atoms with van der Waals surface area (Å²) in [5.74, 6) is 0. The Bertz CT molecular complexity index is 371. The summed E-state index contributed by atoms with van der Waals surface area (Å²) in [5, 5.41) is 3.50. The molecule has 3 N–H and O–H groups in total. The molecule has 1 aliphatic carbocycles. The predicted octanol–water partition coefficient (Wildman–Crippen LogP) is 1.38. The average molecular weight is 250 g/mol. The van der Waals surface area contributed by atoms with E-state index in [4.69, 9.17) is 15.2 Å². The summed E-state index contributed by atoms with van der Waals surface area (Å²) in [6, 6.07) is 8.92. The number of rotatable bonds is 7. The lowest BCUT2D eigenvalue weighted by atomic mass is 10.1. The first-order chi connectivity index (χ1) is 8.83. The van der Waals surface area contributed by atoms with Crippen molar-refractivity contribution in [2.45, 2.75) is 18.5 Å². The van der Waals surface area contributed by atoms with Crippen molar-refractivity contribution < 1.29 is 9.47 Å². The second kappa shape index (κ2) is 6.85. The van der Waals surface area contributed by atoms with Crippen LogP contribution in [0.25, 0.3) is 0 Å². The highest BCUT2D eigenvalue weighted by Crippen LogP contribution is 2.36. The van der Waals surface area contributed by atoms with Crippen molar-refractivity contribution in [1.29, 1.82) is 0 Å². The highest BCUT2D eigenvalue weighted by molar-refractivity contribution is 5.37. The summed E-state index contributed by atoms with van der Waals surface area (Å²) in [5.41, 5.74) is 8.73. The Morgan fingerprint density at radius 1 is 1.22 bits per heavy atom. The molecule has 0 saturated heterocycles. The molecule has 1 aliphatic rings. The Kier molecular flexibility index (Phi) is 5.13. The van der Waals surface area contributed by atoms with E-state index in [1.54, 1.807) is 7.11 Å². The molecular formula is C14H22N2O2. The van der Waals surface area contributed by atoms with Gasteiger partial charge in [-0.25, -0.2) is 0 Å². The maximum absolute atomic E-state index is 6.12. The molecule has 0 saturated carbocycles. The molecule has 2 atom stereocenters. The fourth-order valence-corrected chi connectivity index (χ4v) is 2.42. The molecular weight excluding hydrogens is 228 g/mol. The van der Waals surface area contributed by atoms with E-state index in [2.05, 4.69) is 29.6 Å². The van der Waals surface area contributed by atoms with E-state index < -0.39 is 0 Å². The van der Waals surface area contributed by atoms with Gasteiger partial charge in [-0.15, -0.1) is 0 Å². The van der Waals surface area contributed by atoms with Crippen LogP contribution in [0.5, 0.6) is 0 Å². The van der Waals surface area contributed by atoms with Gasteiger partial charge in [-0.2, -0.15) is 0 Å². The van der Waals surface area contributed by atoms with Crippen molar-refractivity contribution in [3.63, 3.8) is 0 Å². The minimum atomic E-state index is 0.160. The second-order valence-electron chi connectivity index (χ2n) is 4.58. The molecule has 1 aromatic rings. The molecule has 4 heteroatoms. The van der Waals surface area contributed by atoms with Gasteiger partial charge in [0.1, 0.15) is 0 Å². The maximum atomic E-state index is 6.12. The monoisotopic (exact) mass is 250 g/mol. The van der Waals surface area contributed by atoms with Gasteiger partial charge >= 0.3 is 0 Å². The van der Waals surface area contributed by atoms with E-state index in [0.717, 1.165) is 13.0 Å². The number of ether oxygens (including phenoxy) is 2. The number of hydrogen-bond donors (Lipinski definition) is 2. The van der Waals surface area contributed by atoms with Crippen LogP contribution < -0.4 is 11.1 Å². The number of nitrogens with one attached hydrogen (secondary N) is 1. The number of methoxy groups -OCH3 is 1. The highest BCUT2D eigenvalue weighted by atomic mass is 16.5. The van der Waals surface area contributed by atoms with Crippen LogP contribution in [0.2, 0.25) is 0 Å². The smallest absolute Gasteiger partial charge is 0.0700 e. The van der Waals surface area contributed by atoms with Crippen molar-refractivity contribution in [3.05, 3.63) is 35.4 Å². The van der Waals surface area contributed by atoms with Crippen LogP contribution in [0.4, 0.5) is 0 Å². The van der Waals surface area contributed by atoms with Gasteiger partial charge in [-0.05, 0) is 17.5 Å². The van der Waals surface area contributed by atoms with E-state index in [0.29, 0.717) is 25.9 Å². The molecule has 0 radical (unpaired) electrons. The lowest BCUT2D eigenvalue weighted by Gasteiger charge is -2.14. The van der Waals surface area contributed by atoms with Crippen LogP contribution in [0.1, 0.15) is 29.6 Å². The number of fused-ring (bicyclic) bond motifs is 1. The molecule has 100 valence electrons. The first-order valence-corrected chi connectivity index (χ1v) is 6.47. The van der Waals surface area contributed by atoms with Gasteiger partial charge in [0, 0.05) is 25.7 Å². The van der Waals surface area contributed by atoms with Crippen LogP contribution in [-0.2, 0) is 9.47 Å². The van der Waals surface area contributed by atoms with Crippen LogP contribution in [0.3, 0.4) is 0 Å². The molecule has 18 heavy (non-hydrogen) atoms. The molecule has 0 fully saturated rings. The minimum absolute atomic E-state index is 0.160. The van der Waals surface area contributed by atoms with E-state index in [-0.39, 0.29) is 6.04 Å². The maximum Gasteiger partial charge on any atom is 0.0700 e. The van der Waals surface area contributed by atoms with Crippen LogP contribution in [0.15, 0.2) is 24.3 Å². The lowest BCUT2D eigenvalue weighted by molar-refractivity contribution is 0.0710. The van der Waals surface area contributed by atoms with Crippen molar-refractivity contribution in [2.24, 2.45) is 5.73 Å². The fraction of sp³-hybridized carbons (Fsp3) is 0.571. The zero-order valence-corrected chi connectivity index (χ0v) is 10.9. The zero-order chi connectivity index (χ0) is 12.8. The van der Waals surface area contributed by atoms with E-state index in [1.165, 1.54) is 11.1 Å². The summed E-state index contributed by atoms with van der Waals surface area (Å²) < 4.78 is 10.4. The van der Waals surface area contributed by atoms with Crippen molar-refractivity contribution in [2.75, 3.05) is 33.5 Å². The molecule has 0 heterocycles. The Balaban J connectivity index is 1.75. The normalized spacial score (nSPS) is 22.1. The van der Waals surface area contributed by atoms with Gasteiger partial charge in [0.25, 0.3) is 0 Å². The standard InChI is InChI=1S/C14H22N2O2/c1-17-8-9-18-7-6-16-14-10-13(15)11-4-2-3-5-12(11)14/h2-5,13-14,16H,6-10,15H2,1H3. The molecule has 0 aliphatic heterocycles. The summed E-state index contributed by atoms with van der Waals surface area (Å²) in [6.45, 7) is 2.85. The van der Waals surface area contributed by atoms with Crippen molar-refractivity contribution >= 4 is 0 Å². The third-order valence-electron chi connectivity index (χ3n) is 3.33. The highest BCUT2D eigenvalue weighted by Gasteiger charge is 2.27. The van der Waals surface area contributed by atoms with Gasteiger partial charge in [0.15, 0.2) is 0 Å². The first-order valence-electron chi connectivity index (χ1n) is 6.47. The van der Waals surface area contributed by atoms with Gasteiger partial charge in [-0.3, -0.25) is 0 Å². The van der Waals surface area contributed by atoms with E-state index in [1.807, 2.05) is 0 Å². The van der Waals surface area contributed by atoms with Crippen LogP contribution >= 0.6 is 0 Å². The largest absolute Gasteiger partial charge is 0.382 e. The Labute approximate surface area is 108 Å². The van der Waals surface area contributed by atoms with E-state index in [9.17, 15) is 0 Å². The van der Waals surface area contributed by atoms with Gasteiger partial charge in [0.2, 0.25) is 0 Å². The number of benzene rings is 1. The molecule has 1 aromatic carbocycles. The third-order valence-corrected chi connectivity index (χ3v) is 3.33. The van der Waals surface area contributed by atoms with Crippen LogP contribution in [0, 0.1) is 0 Å². The van der Waals surface area contributed by atoms with Gasteiger partial charge < -0.3 is 20.5 Å². The predicted molar refractivity (Wildman–Crippen MR) is 71.4 cm³/mol. The van der Waals surface area contributed by atoms with Gasteiger partial charge in [-0.1, -0.05) is 24.3 Å². The van der Waals surface area contributed by atoms with Crippen molar-refractivity contribution in [1.82, 2.24) is 5.32 Å². The Hall–Kier alpha value is -0.940. The fourth-order valence-electron chi connectivity index (χ4n) is 2.42. The van der Waals surface area contributed by atoms with E-state index >= 15 is 0 Å². The molecule has 0 spiro atoms. The molecule has 4 nitrogen and oxygen atoms in total. The summed E-state index contributed by atoms with van der Waals surface area (Å²) in [7, 11) is 1.68. The summed E-state index contributed by atoms with van der Waals surface area (Å²) in [6.07, 6.45) is 0.970. The first kappa shape index (κ1) is 13.5. The lowest BCUT2D eigenvalue weighted by Crippen LogP contribution is -2.24. The average Bonchev–Trinajstić information content (AvgIpc) is 2.71. The molecule has 0 aromatic heterocycles. The second-order valence-corrected chi connectivity index (χ2v) is 4.58. The zero-order valence-electron chi connectivity index (χ0n) is 10.9. The quantitative estimate of drug-likeness (QED) is 0.718. The van der Waals surface area contributed by atoms with Crippen molar-refractivity contribution in [3.8, 4) is 0 Å². The summed E-state index contributed by atoms with van der Waals surface area (Å²) in [4.78, 5) is 0. The molecule has 2 rings (SSSR count). The molecule has 0 bridgehead atoms. The minimum Gasteiger partial charge on any atom is -0.382 e.